The smallest absolute Gasteiger partial charge is 0.0323 e. The maximum atomic E-state index is 2.51. The van der Waals surface area contributed by atoms with Crippen LogP contribution in [0, 0.1) is 0 Å². The van der Waals surface area contributed by atoms with Crippen molar-refractivity contribution in [3.8, 4) is 0 Å². The first kappa shape index (κ1) is 19.5. The Labute approximate surface area is 140 Å². The Bertz CT molecular complexity index is 276. The lowest BCUT2D eigenvalue weighted by Gasteiger charge is -2.05. The van der Waals surface area contributed by atoms with Gasteiger partial charge in [0, 0.05) is 0 Å². The van der Waals surface area contributed by atoms with Gasteiger partial charge in [-0.3, -0.25) is 0 Å². The van der Waals surface area contributed by atoms with Crippen LogP contribution in [-0.4, -0.2) is 0 Å². The summed E-state index contributed by atoms with van der Waals surface area (Å²) in [5.41, 5.74) is 3.27. The van der Waals surface area contributed by atoms with Gasteiger partial charge in [0.05, 0.1) is 0 Å². The maximum absolute atomic E-state index is 2.51. The molecule has 0 aromatic carbocycles. The minimum Gasteiger partial charge on any atom is -0.0856 e. The van der Waals surface area contributed by atoms with E-state index in [9.17, 15) is 0 Å². The van der Waals surface area contributed by atoms with Gasteiger partial charge in [0.2, 0.25) is 0 Å². The molecule has 0 atom stereocenters. The molecule has 0 aliphatic heterocycles. The average Bonchev–Trinajstić information content (AvgIpc) is 2.50. The summed E-state index contributed by atoms with van der Waals surface area (Å²) in [7, 11) is 0. The zero-order valence-corrected chi connectivity index (χ0v) is 15.5. The number of hydrogen-bond acceptors (Lipinski definition) is 0. The van der Waals surface area contributed by atoms with Gasteiger partial charge in [-0.15, -0.1) is 0 Å². The second-order valence-corrected chi connectivity index (χ2v) is 7.42. The van der Waals surface area contributed by atoms with Crippen molar-refractivity contribution in [1.82, 2.24) is 0 Å². The molecule has 1 aliphatic rings. The summed E-state index contributed by atoms with van der Waals surface area (Å²) in [6.45, 7) is 4.67. The molecular formula is C22H40. The zero-order chi connectivity index (χ0) is 15.9. The van der Waals surface area contributed by atoms with Crippen molar-refractivity contribution in [1.29, 1.82) is 0 Å². The first-order valence-corrected chi connectivity index (χ1v) is 10.1. The topological polar surface area (TPSA) is 0 Å². The van der Waals surface area contributed by atoms with Crippen molar-refractivity contribution in [3.63, 3.8) is 0 Å². The van der Waals surface area contributed by atoms with Gasteiger partial charge in [0.15, 0.2) is 0 Å². The minimum absolute atomic E-state index is 1.31. The van der Waals surface area contributed by atoms with Crippen LogP contribution in [0.3, 0.4) is 0 Å². The van der Waals surface area contributed by atoms with Crippen LogP contribution in [0.5, 0.6) is 0 Å². The summed E-state index contributed by atoms with van der Waals surface area (Å²) in [5.74, 6) is 0. The van der Waals surface area contributed by atoms with E-state index in [2.05, 4.69) is 26.0 Å². The third kappa shape index (κ3) is 12.1. The molecule has 0 aromatic heterocycles. The minimum atomic E-state index is 1.31. The van der Waals surface area contributed by atoms with E-state index in [4.69, 9.17) is 0 Å². The second-order valence-electron chi connectivity index (χ2n) is 7.42. The third-order valence-corrected chi connectivity index (χ3v) is 5.04. The Morgan fingerprint density at radius 1 is 0.455 bits per heavy atom. The molecule has 0 bridgehead atoms. The second kappa shape index (κ2) is 14.1. The van der Waals surface area contributed by atoms with Gasteiger partial charge in [0.25, 0.3) is 0 Å². The lowest BCUT2D eigenvalue weighted by atomic mass is 10.0. The van der Waals surface area contributed by atoms with Gasteiger partial charge in [-0.25, -0.2) is 0 Å². The summed E-state index contributed by atoms with van der Waals surface area (Å²) in [4.78, 5) is 0. The molecule has 1 rings (SSSR count). The monoisotopic (exact) mass is 304 g/mol. The number of hydrogen-bond donors (Lipinski definition) is 0. The molecule has 0 saturated heterocycles. The summed E-state index contributed by atoms with van der Waals surface area (Å²) in [5, 5.41) is 0. The highest BCUT2D eigenvalue weighted by Crippen LogP contribution is 2.16. The largest absolute Gasteiger partial charge is 0.0856 e. The van der Waals surface area contributed by atoms with Crippen molar-refractivity contribution in [3.05, 3.63) is 23.3 Å². The fourth-order valence-electron chi connectivity index (χ4n) is 3.41. The Morgan fingerprint density at radius 2 is 0.773 bits per heavy atom. The molecule has 0 saturated carbocycles. The Hall–Kier alpha value is -0.520. The molecule has 0 spiro atoms. The molecule has 22 heavy (non-hydrogen) atoms. The predicted molar refractivity (Wildman–Crippen MR) is 101 cm³/mol. The summed E-state index contributed by atoms with van der Waals surface area (Å²) in [6, 6.07) is 0. The number of allylic oxidation sites excluding steroid dienone is 4. The Balaban J connectivity index is 2.26. The zero-order valence-electron chi connectivity index (χ0n) is 15.5. The molecule has 0 nitrogen and oxygen atoms in total. The summed E-state index contributed by atoms with van der Waals surface area (Å²) in [6.07, 6.45) is 27.4. The first-order valence-electron chi connectivity index (χ1n) is 10.1. The molecule has 1 aliphatic carbocycles. The van der Waals surface area contributed by atoms with Crippen molar-refractivity contribution in [2.75, 3.05) is 0 Å². The molecule has 0 unspecified atom stereocenters. The quantitative estimate of drug-likeness (QED) is 0.396. The molecule has 0 radical (unpaired) electrons. The van der Waals surface area contributed by atoms with Gasteiger partial charge in [-0.05, 0) is 65.2 Å². The molecule has 0 heteroatoms. The van der Waals surface area contributed by atoms with Crippen LogP contribution in [-0.2, 0) is 0 Å². The van der Waals surface area contributed by atoms with Crippen LogP contribution in [0.1, 0.15) is 117 Å². The molecule has 0 N–H and O–H groups in total. The van der Waals surface area contributed by atoms with E-state index in [-0.39, 0.29) is 0 Å². The Morgan fingerprint density at radius 3 is 1.18 bits per heavy atom. The Kier molecular flexibility index (Phi) is 12.5. The van der Waals surface area contributed by atoms with Gasteiger partial charge >= 0.3 is 0 Å². The predicted octanol–water partition coefficient (Wildman–Crippen LogP) is 8.13. The average molecular weight is 305 g/mol. The van der Waals surface area contributed by atoms with Crippen LogP contribution in [0.15, 0.2) is 23.3 Å². The molecular weight excluding hydrogens is 264 g/mol. The van der Waals surface area contributed by atoms with Crippen LogP contribution in [0.2, 0.25) is 0 Å². The highest BCUT2D eigenvalue weighted by atomic mass is 14.0. The standard InChI is InChI=1S/C22H40/c1-21-17-13-9-5-3-7-11-15-19-22(2)20-16-12-8-4-6-10-14-18-21/h17,20H,3-16,18-19H2,1-2H3. The van der Waals surface area contributed by atoms with Crippen LogP contribution in [0.25, 0.3) is 0 Å². The van der Waals surface area contributed by atoms with Gasteiger partial charge in [0.1, 0.15) is 0 Å². The van der Waals surface area contributed by atoms with E-state index in [1.807, 2.05) is 0 Å². The van der Waals surface area contributed by atoms with Gasteiger partial charge < -0.3 is 0 Å². The lowest BCUT2D eigenvalue weighted by molar-refractivity contribution is 0.585. The van der Waals surface area contributed by atoms with Crippen molar-refractivity contribution < 1.29 is 0 Å². The number of rotatable bonds is 0. The van der Waals surface area contributed by atoms with E-state index in [1.165, 1.54) is 103 Å². The van der Waals surface area contributed by atoms with Crippen LogP contribution < -0.4 is 0 Å². The van der Waals surface area contributed by atoms with Crippen LogP contribution >= 0.6 is 0 Å². The molecule has 0 heterocycles. The molecule has 0 amide bonds. The fourth-order valence-corrected chi connectivity index (χ4v) is 3.41. The van der Waals surface area contributed by atoms with E-state index >= 15 is 0 Å². The van der Waals surface area contributed by atoms with Crippen molar-refractivity contribution in [2.24, 2.45) is 0 Å². The van der Waals surface area contributed by atoms with Crippen molar-refractivity contribution in [2.45, 2.75) is 117 Å². The molecule has 128 valence electrons. The molecule has 0 fully saturated rings. The highest BCUT2D eigenvalue weighted by Gasteiger charge is 1.96. The lowest BCUT2D eigenvalue weighted by Crippen LogP contribution is -1.85. The highest BCUT2D eigenvalue weighted by molar-refractivity contribution is 4.98. The van der Waals surface area contributed by atoms with Crippen molar-refractivity contribution >= 4 is 0 Å². The maximum Gasteiger partial charge on any atom is -0.0323 e. The van der Waals surface area contributed by atoms with E-state index < -0.39 is 0 Å². The fraction of sp³-hybridized carbons (Fsp3) is 0.818. The van der Waals surface area contributed by atoms with E-state index in [1.54, 1.807) is 11.1 Å². The summed E-state index contributed by atoms with van der Waals surface area (Å²) >= 11 is 0. The normalized spacial score (nSPS) is 22.5. The van der Waals surface area contributed by atoms with E-state index in [0.717, 1.165) is 0 Å². The molecule has 0 aromatic rings. The van der Waals surface area contributed by atoms with Gasteiger partial charge in [-0.2, -0.15) is 0 Å². The first-order chi connectivity index (χ1) is 10.8. The van der Waals surface area contributed by atoms with E-state index in [0.29, 0.717) is 0 Å². The third-order valence-electron chi connectivity index (χ3n) is 5.04. The van der Waals surface area contributed by atoms with Crippen LogP contribution in [0.4, 0.5) is 0 Å². The SMILES string of the molecule is CC1=CCCCCCCCCC(C)=CCCCCCCCC1. The van der Waals surface area contributed by atoms with Gasteiger partial charge in [-0.1, -0.05) is 74.7 Å². The summed E-state index contributed by atoms with van der Waals surface area (Å²) < 4.78 is 0.